The van der Waals surface area contributed by atoms with Crippen molar-refractivity contribution in [1.82, 2.24) is 0 Å². The summed E-state index contributed by atoms with van der Waals surface area (Å²) in [5.74, 6) is 1.08. The Morgan fingerprint density at radius 2 is 1.47 bits per heavy atom. The van der Waals surface area contributed by atoms with Gasteiger partial charge in [0.1, 0.15) is 0 Å². The molecule has 0 bridgehead atoms. The van der Waals surface area contributed by atoms with Gasteiger partial charge in [-0.1, -0.05) is 35.6 Å². The molecule has 1 aliphatic heterocycles. The van der Waals surface area contributed by atoms with E-state index in [0.29, 0.717) is 19.3 Å². The van der Waals surface area contributed by atoms with Crippen LogP contribution in [0.1, 0.15) is 11.7 Å². The third-order valence-corrected chi connectivity index (χ3v) is 7.27. The molecule has 0 radical (unpaired) electrons. The molecule has 0 spiro atoms. The topological polar surface area (TPSA) is 7.98 Å². The van der Waals surface area contributed by atoms with E-state index in [4.69, 9.17) is 0 Å². The van der Waals surface area contributed by atoms with E-state index in [9.17, 15) is 0 Å². The SMILES string of the molecule is I[I-]I.[I-].c1ccc2c(c1)ccc1[n+]2[C@H](c2csc3ccc4ccccc4[n+]23)CS1. The standard InChI is InChI=1S/C22H16N2S2.I3.HI/c1-3-7-17-15(5-1)9-11-21-23(17)19(13-25-21)20-14-26-22-12-10-16-6-2-4-8-18(16)24(20)22;1-3-2;/h1-13,20H,14H2;;1H/q+2;-1;/p-1/t20-;;/m0../s1. The van der Waals surface area contributed by atoms with Gasteiger partial charge in [0.2, 0.25) is 16.1 Å². The number of aromatic nitrogens is 2. The van der Waals surface area contributed by atoms with Crippen LogP contribution in [-0.4, -0.2) is 5.75 Å². The van der Waals surface area contributed by atoms with Gasteiger partial charge in [0.15, 0.2) is 0 Å². The molecule has 154 valence electrons. The molecule has 5 aromatic rings. The van der Waals surface area contributed by atoms with E-state index < -0.39 is 0 Å². The smallest absolute Gasteiger partial charge is 0.268 e. The first-order valence-electron chi connectivity index (χ1n) is 9.06. The molecule has 0 amide bonds. The maximum absolute atomic E-state index is 2.52. The fourth-order valence-corrected chi connectivity index (χ4v) is 6.19. The summed E-state index contributed by atoms with van der Waals surface area (Å²) in [5, 5.41) is 6.29. The number of halogens is 4. The van der Waals surface area contributed by atoms with Gasteiger partial charge in [0.05, 0.1) is 11.1 Å². The van der Waals surface area contributed by atoms with E-state index >= 15 is 0 Å². The van der Waals surface area contributed by atoms with Crippen LogP contribution in [0.3, 0.4) is 0 Å². The number of thioether (sulfide) groups is 1. The van der Waals surface area contributed by atoms with Crippen molar-refractivity contribution in [3.05, 3.63) is 83.9 Å². The Morgan fingerprint density at radius 1 is 0.833 bits per heavy atom. The molecule has 1 aliphatic rings. The maximum atomic E-state index is 2.52. The zero-order chi connectivity index (χ0) is 19.8. The Hall–Kier alpha value is 0.490. The Balaban J connectivity index is 0.000000516. The van der Waals surface area contributed by atoms with Gasteiger partial charge in [0, 0.05) is 35.0 Å². The molecule has 4 heterocycles. The average Bonchev–Trinajstić information content (AvgIpc) is 3.38. The second-order valence-corrected chi connectivity index (χ2v) is 24.9. The van der Waals surface area contributed by atoms with Crippen LogP contribution in [0, 0.1) is 0 Å². The van der Waals surface area contributed by atoms with Crippen molar-refractivity contribution in [2.24, 2.45) is 0 Å². The zero-order valence-corrected chi connectivity index (χ0v) is 25.8. The van der Waals surface area contributed by atoms with Crippen LogP contribution in [0.15, 0.2) is 83.2 Å². The second-order valence-electron chi connectivity index (χ2n) is 6.71. The number of hydrogen-bond donors (Lipinski definition) is 0. The number of para-hydroxylation sites is 2. The van der Waals surface area contributed by atoms with E-state index in [1.54, 1.807) is 0 Å². The van der Waals surface area contributed by atoms with Crippen LogP contribution in [0.25, 0.3) is 26.6 Å². The van der Waals surface area contributed by atoms with Crippen LogP contribution < -0.4 is 46.2 Å². The van der Waals surface area contributed by atoms with Crippen LogP contribution in [-0.2, 0) is 0 Å². The fourth-order valence-electron chi connectivity index (χ4n) is 4.05. The predicted molar refractivity (Wildman–Crippen MR) is 136 cm³/mol. The van der Waals surface area contributed by atoms with Gasteiger partial charge in [-0.05, 0) is 36.0 Å². The zero-order valence-electron chi connectivity index (χ0n) is 15.5. The molecule has 0 aliphatic carbocycles. The minimum absolute atomic E-state index is 0. The molecule has 30 heavy (non-hydrogen) atoms. The largest absolute Gasteiger partial charge is 1.00 e. The predicted octanol–water partition coefficient (Wildman–Crippen LogP) is 0.555. The molecular formula is C22H16I4N2S2. The van der Waals surface area contributed by atoms with E-state index in [1.807, 2.05) is 23.1 Å². The molecule has 0 fully saturated rings. The summed E-state index contributed by atoms with van der Waals surface area (Å²) in [6.07, 6.45) is 0. The summed E-state index contributed by atoms with van der Waals surface area (Å²) in [4.78, 5) is 1.30. The number of benzene rings is 2. The third-order valence-electron chi connectivity index (χ3n) is 5.24. The molecule has 0 N–H and O–H groups in total. The molecule has 8 heteroatoms. The number of pyridine rings is 2. The Kier molecular flexibility index (Phi) is 8.36. The second kappa shape index (κ2) is 10.6. The van der Waals surface area contributed by atoms with Crippen molar-refractivity contribution in [2.45, 2.75) is 11.1 Å². The van der Waals surface area contributed by atoms with Crippen molar-refractivity contribution in [3.8, 4) is 0 Å². The summed E-state index contributed by atoms with van der Waals surface area (Å²) in [6, 6.07) is 26.7. The number of hydrogen-bond acceptors (Lipinski definition) is 2. The first-order chi connectivity index (χ1) is 14.3. The van der Waals surface area contributed by atoms with E-state index in [0.717, 1.165) is 5.75 Å². The summed E-state index contributed by atoms with van der Waals surface area (Å²) in [7, 11) is 0. The Bertz CT molecular complexity index is 1340. The Morgan fingerprint density at radius 3 is 2.23 bits per heavy atom. The van der Waals surface area contributed by atoms with E-state index in [-0.39, 0.29) is 24.0 Å². The van der Waals surface area contributed by atoms with Crippen molar-refractivity contribution >= 4 is 87.0 Å². The van der Waals surface area contributed by atoms with Crippen molar-refractivity contribution in [2.75, 3.05) is 5.75 Å². The molecule has 2 aromatic carbocycles. The van der Waals surface area contributed by atoms with Crippen molar-refractivity contribution in [1.29, 1.82) is 0 Å². The number of thiazole rings is 1. The van der Waals surface area contributed by atoms with Gasteiger partial charge in [-0.15, -0.1) is 4.40 Å². The summed E-state index contributed by atoms with van der Waals surface area (Å²) < 4.78 is 4.98. The van der Waals surface area contributed by atoms with Gasteiger partial charge < -0.3 is 24.0 Å². The Labute approximate surface area is 230 Å². The molecule has 2 nitrogen and oxygen atoms in total. The summed E-state index contributed by atoms with van der Waals surface area (Å²) >= 11 is 9.09. The van der Waals surface area contributed by atoms with E-state index in [1.165, 1.54) is 37.4 Å². The van der Waals surface area contributed by atoms with Crippen molar-refractivity contribution in [3.63, 3.8) is 0 Å². The van der Waals surface area contributed by atoms with Gasteiger partial charge in [0.25, 0.3) is 16.6 Å². The average molecular weight is 880 g/mol. The molecule has 0 saturated heterocycles. The summed E-state index contributed by atoms with van der Waals surface area (Å²) in [6.45, 7) is 0. The number of rotatable bonds is 1. The third kappa shape index (κ3) is 4.33. The van der Waals surface area contributed by atoms with Gasteiger partial charge >= 0.3 is 50.5 Å². The number of nitrogens with zero attached hydrogens (tertiary/aromatic N) is 2. The van der Waals surface area contributed by atoms with Crippen LogP contribution in [0.5, 0.6) is 0 Å². The maximum Gasteiger partial charge on any atom is 0.268 e. The van der Waals surface area contributed by atoms with E-state index in [2.05, 4.69) is 124 Å². The first-order valence-corrected chi connectivity index (χ1v) is 23.5. The number of fused-ring (bicyclic) bond motifs is 6. The van der Waals surface area contributed by atoms with Gasteiger partial charge in [-0.3, -0.25) is 0 Å². The normalized spacial score (nSPS) is 15.1. The first kappa shape index (κ1) is 23.6. The summed E-state index contributed by atoms with van der Waals surface area (Å²) in [5.41, 5.74) is 4.00. The van der Waals surface area contributed by atoms with Crippen molar-refractivity contribution < 1.29 is 46.2 Å². The monoisotopic (exact) mass is 880 g/mol. The van der Waals surface area contributed by atoms with Crippen LogP contribution in [0.2, 0.25) is 0 Å². The van der Waals surface area contributed by atoms with Crippen LogP contribution >= 0.6 is 60.3 Å². The molecule has 3 aromatic heterocycles. The fraction of sp³-hybridized carbons (Fsp3) is 0.0909. The molecule has 0 unspecified atom stereocenters. The van der Waals surface area contributed by atoms with Crippen LogP contribution in [0.4, 0.5) is 0 Å². The molecule has 6 rings (SSSR count). The minimum atomic E-state index is 0. The molecule has 0 saturated carbocycles. The van der Waals surface area contributed by atoms with Gasteiger partial charge in [-0.25, -0.2) is 0 Å². The molecule has 1 atom stereocenters. The minimum Gasteiger partial charge on any atom is -1.00 e. The quantitative estimate of drug-likeness (QED) is 0.177. The molecular weight excluding hydrogens is 864 g/mol. The van der Waals surface area contributed by atoms with Gasteiger partial charge in [-0.2, -0.15) is 4.57 Å².